The number of carbonyl (C=O) groups excluding carboxylic acids is 1. The van der Waals surface area contributed by atoms with Crippen LogP contribution in [0.5, 0.6) is 0 Å². The maximum Gasteiger partial charge on any atom is 0.311 e. The number of allylic oxidation sites excluding steroid dienone is 1. The highest BCUT2D eigenvalue weighted by Crippen LogP contribution is 2.68. The van der Waals surface area contributed by atoms with Gasteiger partial charge < -0.3 is 4.74 Å². The molecular weight excluding hydrogens is 224 g/mol. The Morgan fingerprint density at radius 1 is 1.39 bits per heavy atom. The Balaban J connectivity index is 2.73. The van der Waals surface area contributed by atoms with Crippen LogP contribution in [-0.4, -0.2) is 12.1 Å². The summed E-state index contributed by atoms with van der Waals surface area (Å²) in [5.41, 5.74) is 0.918. The van der Waals surface area contributed by atoms with E-state index in [9.17, 15) is 4.79 Å². The summed E-state index contributed by atoms with van der Waals surface area (Å²) in [7, 11) is 0. The van der Waals surface area contributed by atoms with Gasteiger partial charge in [-0.15, -0.1) is 6.42 Å². The second-order valence-electron chi connectivity index (χ2n) is 6.22. The van der Waals surface area contributed by atoms with Crippen molar-refractivity contribution in [2.45, 2.75) is 54.1 Å². The van der Waals surface area contributed by atoms with Gasteiger partial charge in [0.05, 0.1) is 5.92 Å². The Bertz CT molecular complexity index is 393. The van der Waals surface area contributed by atoms with Gasteiger partial charge in [-0.2, -0.15) is 0 Å². The molecule has 0 N–H and O–H groups in total. The van der Waals surface area contributed by atoms with Gasteiger partial charge in [0.1, 0.15) is 0 Å². The molecule has 0 aromatic rings. The molecule has 0 radical (unpaired) electrons. The molecule has 1 aliphatic carbocycles. The van der Waals surface area contributed by atoms with E-state index in [0.717, 1.165) is 12.0 Å². The summed E-state index contributed by atoms with van der Waals surface area (Å²) >= 11 is 0. The van der Waals surface area contributed by atoms with Crippen molar-refractivity contribution in [2.24, 2.45) is 16.7 Å². The van der Waals surface area contributed by atoms with Crippen molar-refractivity contribution < 1.29 is 9.53 Å². The minimum atomic E-state index is -0.523. The van der Waals surface area contributed by atoms with Crippen LogP contribution in [0, 0.1) is 29.1 Å². The van der Waals surface area contributed by atoms with Crippen molar-refractivity contribution in [3.63, 3.8) is 0 Å². The molecule has 1 atom stereocenters. The number of ether oxygens (including phenoxy) is 1. The number of hydrogen-bond acceptors (Lipinski definition) is 2. The molecule has 1 aliphatic rings. The molecule has 0 bridgehead atoms. The third-order valence-corrected chi connectivity index (χ3v) is 4.58. The van der Waals surface area contributed by atoms with Gasteiger partial charge in [0.2, 0.25) is 0 Å². The highest BCUT2D eigenvalue weighted by Gasteiger charge is 2.69. The quantitative estimate of drug-likeness (QED) is 0.432. The lowest BCUT2D eigenvalue weighted by Gasteiger charge is -2.14. The van der Waals surface area contributed by atoms with Crippen LogP contribution >= 0.6 is 0 Å². The van der Waals surface area contributed by atoms with Crippen LogP contribution in [0.15, 0.2) is 11.6 Å². The van der Waals surface area contributed by atoms with Crippen LogP contribution in [0.1, 0.15) is 48.0 Å². The maximum atomic E-state index is 12.2. The normalized spacial score (nSPS) is 23.1. The molecule has 1 fully saturated rings. The Kier molecular flexibility index (Phi) is 3.96. The lowest BCUT2D eigenvalue weighted by Crippen LogP contribution is -2.21. The lowest BCUT2D eigenvalue weighted by atomic mass is 10.0. The van der Waals surface area contributed by atoms with Crippen LogP contribution < -0.4 is 0 Å². The lowest BCUT2D eigenvalue weighted by molar-refractivity contribution is -0.148. The van der Waals surface area contributed by atoms with Gasteiger partial charge in [0, 0.05) is 0 Å². The van der Waals surface area contributed by atoms with Crippen LogP contribution in [0.25, 0.3) is 0 Å². The van der Waals surface area contributed by atoms with Gasteiger partial charge in [-0.1, -0.05) is 46.6 Å². The Morgan fingerprint density at radius 3 is 2.22 bits per heavy atom. The first-order valence-electron chi connectivity index (χ1n) is 6.53. The SMILES string of the molecule is C#CC(OC(=O)C1C(C)(C)C1(C)C)C(C)=CCC. The second-order valence-corrected chi connectivity index (χ2v) is 6.22. The van der Waals surface area contributed by atoms with Crippen LogP contribution in [0.4, 0.5) is 0 Å². The Hall–Kier alpha value is -1.23. The second kappa shape index (κ2) is 4.80. The van der Waals surface area contributed by atoms with Crippen molar-refractivity contribution in [1.82, 2.24) is 0 Å². The highest BCUT2D eigenvalue weighted by atomic mass is 16.5. The molecule has 1 saturated carbocycles. The minimum absolute atomic E-state index is 0.00833. The smallest absolute Gasteiger partial charge is 0.311 e. The van der Waals surface area contributed by atoms with E-state index < -0.39 is 6.10 Å². The highest BCUT2D eigenvalue weighted by molar-refractivity contribution is 5.79. The Labute approximate surface area is 111 Å². The fraction of sp³-hybridized carbons (Fsp3) is 0.688. The zero-order valence-electron chi connectivity index (χ0n) is 12.3. The maximum absolute atomic E-state index is 12.2. The zero-order valence-corrected chi connectivity index (χ0v) is 12.3. The largest absolute Gasteiger partial charge is 0.444 e. The van der Waals surface area contributed by atoms with Crippen LogP contribution in [0.2, 0.25) is 0 Å². The van der Waals surface area contributed by atoms with Gasteiger partial charge >= 0.3 is 5.97 Å². The first kappa shape index (κ1) is 14.8. The molecule has 100 valence electrons. The minimum Gasteiger partial charge on any atom is -0.444 e. The summed E-state index contributed by atoms with van der Waals surface area (Å²) in [5, 5.41) is 0. The summed E-state index contributed by atoms with van der Waals surface area (Å²) in [4.78, 5) is 12.2. The summed E-state index contributed by atoms with van der Waals surface area (Å²) in [5.74, 6) is 2.31. The average molecular weight is 248 g/mol. The molecular formula is C16H24O2. The molecule has 0 heterocycles. The number of hydrogen-bond donors (Lipinski definition) is 0. The fourth-order valence-electron chi connectivity index (χ4n) is 2.66. The van der Waals surface area contributed by atoms with E-state index in [1.807, 2.05) is 19.9 Å². The molecule has 0 aliphatic heterocycles. The van der Waals surface area contributed by atoms with E-state index in [2.05, 4.69) is 33.6 Å². The first-order valence-corrected chi connectivity index (χ1v) is 6.53. The molecule has 0 aromatic carbocycles. The zero-order chi connectivity index (χ0) is 14.1. The van der Waals surface area contributed by atoms with Crippen LogP contribution in [0.3, 0.4) is 0 Å². The summed E-state index contributed by atoms with van der Waals surface area (Å²) in [6.45, 7) is 12.3. The van der Waals surface area contributed by atoms with E-state index in [1.165, 1.54) is 0 Å². The predicted molar refractivity (Wildman–Crippen MR) is 73.8 cm³/mol. The van der Waals surface area contributed by atoms with Crippen LogP contribution in [-0.2, 0) is 9.53 Å². The first-order chi connectivity index (χ1) is 8.20. The number of esters is 1. The summed E-state index contributed by atoms with van der Waals surface area (Å²) < 4.78 is 5.47. The van der Waals surface area contributed by atoms with E-state index in [4.69, 9.17) is 11.2 Å². The van der Waals surface area contributed by atoms with E-state index in [1.54, 1.807) is 0 Å². The van der Waals surface area contributed by atoms with Crippen molar-refractivity contribution in [3.05, 3.63) is 11.6 Å². The summed E-state index contributed by atoms with van der Waals surface area (Å²) in [6, 6.07) is 0. The third kappa shape index (κ3) is 2.32. The number of rotatable bonds is 4. The number of carbonyl (C=O) groups is 1. The third-order valence-electron chi connectivity index (χ3n) is 4.58. The fourth-order valence-corrected chi connectivity index (χ4v) is 2.66. The molecule has 1 unspecified atom stereocenters. The van der Waals surface area contributed by atoms with E-state index in [-0.39, 0.29) is 22.7 Å². The predicted octanol–water partition coefficient (Wildman–Crippen LogP) is 3.57. The standard InChI is InChI=1S/C16H24O2/c1-8-10-11(3)12(9-2)18-14(17)13-15(4,5)16(13,6)7/h2,10,12-13H,8H2,1,3-7H3. The molecule has 1 rings (SSSR count). The number of terminal acetylenes is 1. The van der Waals surface area contributed by atoms with Crippen molar-refractivity contribution in [3.8, 4) is 12.3 Å². The van der Waals surface area contributed by atoms with Crippen molar-refractivity contribution in [1.29, 1.82) is 0 Å². The van der Waals surface area contributed by atoms with Crippen molar-refractivity contribution in [2.75, 3.05) is 0 Å². The average Bonchev–Trinajstić information content (AvgIpc) is 2.66. The van der Waals surface area contributed by atoms with E-state index in [0.29, 0.717) is 0 Å². The molecule has 2 nitrogen and oxygen atoms in total. The molecule has 0 amide bonds. The van der Waals surface area contributed by atoms with Crippen molar-refractivity contribution >= 4 is 5.97 Å². The van der Waals surface area contributed by atoms with Gasteiger partial charge in [0.15, 0.2) is 6.10 Å². The van der Waals surface area contributed by atoms with Gasteiger partial charge in [-0.05, 0) is 29.7 Å². The van der Waals surface area contributed by atoms with Gasteiger partial charge in [-0.3, -0.25) is 4.79 Å². The molecule has 18 heavy (non-hydrogen) atoms. The molecule has 0 saturated heterocycles. The topological polar surface area (TPSA) is 26.3 Å². The molecule has 0 spiro atoms. The van der Waals surface area contributed by atoms with Gasteiger partial charge in [-0.25, -0.2) is 0 Å². The summed E-state index contributed by atoms with van der Waals surface area (Å²) in [6.07, 6.45) is 7.81. The molecule has 0 aromatic heterocycles. The monoisotopic (exact) mass is 248 g/mol. The Morgan fingerprint density at radius 2 is 1.89 bits per heavy atom. The van der Waals surface area contributed by atoms with Gasteiger partial charge in [0.25, 0.3) is 0 Å². The van der Waals surface area contributed by atoms with E-state index >= 15 is 0 Å². The molecule has 2 heteroatoms.